The molecule has 10 nitrogen and oxygen atoms in total. The van der Waals surface area contributed by atoms with Crippen molar-refractivity contribution >= 4 is 26.9 Å². The zero-order valence-electron chi connectivity index (χ0n) is 20.4. The second-order valence-corrected chi connectivity index (χ2v) is 10.8. The van der Waals surface area contributed by atoms with Gasteiger partial charge in [-0.3, -0.25) is 4.79 Å². The van der Waals surface area contributed by atoms with Crippen molar-refractivity contribution in [2.24, 2.45) is 0 Å². The van der Waals surface area contributed by atoms with Gasteiger partial charge in [0.1, 0.15) is 13.2 Å². The van der Waals surface area contributed by atoms with Crippen LogP contribution < -0.4 is 15.0 Å². The second kappa shape index (κ2) is 10.5. The summed E-state index contributed by atoms with van der Waals surface area (Å²) in [6.07, 6.45) is 1.30. The Hall–Kier alpha value is -3.41. The van der Waals surface area contributed by atoms with Gasteiger partial charge in [0.05, 0.1) is 28.7 Å². The molecule has 0 unspecified atom stereocenters. The number of carbonyl (C=O) groups excluding carboxylic acids is 1. The van der Waals surface area contributed by atoms with Gasteiger partial charge in [0, 0.05) is 36.7 Å². The monoisotopic (exact) mass is 528 g/mol. The average molecular weight is 529 g/mol. The van der Waals surface area contributed by atoms with Gasteiger partial charge in [-0.25, -0.2) is 13.2 Å². The molecule has 0 bridgehead atoms. The molecular weight excluding hydrogens is 500 g/mol. The van der Waals surface area contributed by atoms with Crippen LogP contribution in [-0.4, -0.2) is 62.8 Å². The first-order chi connectivity index (χ1) is 17.8. The molecular formula is C26H28N2O8S. The Labute approximate surface area is 214 Å². The minimum atomic E-state index is -4.02. The third kappa shape index (κ3) is 5.34. The highest BCUT2D eigenvalue weighted by atomic mass is 32.2. The number of carbonyl (C=O) groups is 1. The predicted molar refractivity (Wildman–Crippen MR) is 135 cm³/mol. The maximum Gasteiger partial charge on any atom is 0.338 e. The van der Waals surface area contributed by atoms with Crippen molar-refractivity contribution in [3.8, 4) is 11.5 Å². The minimum Gasteiger partial charge on any atom is -0.486 e. The maximum absolute atomic E-state index is 13.7. The third-order valence-electron chi connectivity index (χ3n) is 6.37. The number of fused-ring (bicyclic) bond motifs is 2. The molecule has 1 fully saturated rings. The topological polar surface area (TPSA) is 124 Å². The fourth-order valence-corrected chi connectivity index (χ4v) is 5.93. The molecule has 3 heterocycles. The highest BCUT2D eigenvalue weighted by Gasteiger charge is 2.30. The number of sulfonamides is 1. The molecule has 2 aromatic carbocycles. The molecule has 196 valence electrons. The molecule has 3 aromatic rings. The molecule has 2 aliphatic rings. The lowest BCUT2D eigenvalue weighted by molar-refractivity contribution is 0.0526. The van der Waals surface area contributed by atoms with E-state index in [9.17, 15) is 18.0 Å². The van der Waals surface area contributed by atoms with Gasteiger partial charge in [0.25, 0.3) is 5.56 Å². The Bertz CT molecular complexity index is 1460. The van der Waals surface area contributed by atoms with Gasteiger partial charge in [-0.05, 0) is 56.2 Å². The predicted octanol–water partition coefficient (Wildman–Crippen LogP) is 2.85. The number of pyridine rings is 1. The number of ether oxygens (including phenoxy) is 4. The van der Waals surface area contributed by atoms with Gasteiger partial charge in [0.15, 0.2) is 11.5 Å². The minimum absolute atomic E-state index is 0.00961. The molecule has 1 N–H and O–H groups in total. The van der Waals surface area contributed by atoms with Crippen molar-refractivity contribution in [3.05, 3.63) is 63.9 Å². The summed E-state index contributed by atoms with van der Waals surface area (Å²) in [5, 5.41) is 0.701. The van der Waals surface area contributed by atoms with Crippen molar-refractivity contribution < 1.29 is 32.2 Å². The zero-order valence-corrected chi connectivity index (χ0v) is 21.2. The Morgan fingerprint density at radius 1 is 1.08 bits per heavy atom. The Kier molecular flexibility index (Phi) is 7.18. The van der Waals surface area contributed by atoms with Crippen LogP contribution in [0, 0.1) is 0 Å². The van der Waals surface area contributed by atoms with Crippen LogP contribution in [0.5, 0.6) is 11.5 Å². The maximum atomic E-state index is 13.7. The van der Waals surface area contributed by atoms with Crippen molar-refractivity contribution in [2.75, 3.05) is 33.0 Å². The molecule has 1 aromatic heterocycles. The summed E-state index contributed by atoms with van der Waals surface area (Å²) in [4.78, 5) is 27.8. The van der Waals surface area contributed by atoms with Gasteiger partial charge in [-0.2, -0.15) is 4.31 Å². The molecule has 11 heteroatoms. The van der Waals surface area contributed by atoms with E-state index in [1.807, 2.05) is 0 Å². The number of nitrogens with one attached hydrogen (secondary N) is 1. The fourth-order valence-electron chi connectivity index (χ4n) is 4.49. The first-order valence-corrected chi connectivity index (χ1v) is 13.6. The van der Waals surface area contributed by atoms with Crippen LogP contribution in [-0.2, 0) is 26.0 Å². The molecule has 37 heavy (non-hydrogen) atoms. The van der Waals surface area contributed by atoms with Crippen LogP contribution in [0.4, 0.5) is 0 Å². The number of H-pyrrole nitrogens is 1. The lowest BCUT2D eigenvalue weighted by Crippen LogP contribution is -2.38. The quantitative estimate of drug-likeness (QED) is 0.443. The van der Waals surface area contributed by atoms with Gasteiger partial charge in [-0.1, -0.05) is 0 Å². The summed E-state index contributed by atoms with van der Waals surface area (Å²) < 4.78 is 50.6. The lowest BCUT2D eigenvalue weighted by atomic mass is 10.1. The Morgan fingerprint density at radius 2 is 1.81 bits per heavy atom. The van der Waals surface area contributed by atoms with Gasteiger partial charge in [0.2, 0.25) is 10.0 Å². The van der Waals surface area contributed by atoms with Gasteiger partial charge < -0.3 is 23.9 Å². The number of nitrogens with zero attached hydrogens (tertiary/aromatic N) is 1. The van der Waals surface area contributed by atoms with E-state index >= 15 is 0 Å². The molecule has 0 aliphatic carbocycles. The molecule has 0 amide bonds. The van der Waals surface area contributed by atoms with Crippen LogP contribution >= 0.6 is 0 Å². The number of benzene rings is 2. The van der Waals surface area contributed by atoms with E-state index < -0.39 is 21.6 Å². The van der Waals surface area contributed by atoms with E-state index in [2.05, 4.69) is 4.98 Å². The normalized spacial score (nSPS) is 17.3. The number of aromatic amines is 1. The molecule has 0 saturated carbocycles. The first kappa shape index (κ1) is 25.2. The lowest BCUT2D eigenvalue weighted by Gasteiger charge is -2.25. The van der Waals surface area contributed by atoms with Gasteiger partial charge in [-0.15, -0.1) is 0 Å². The fraction of sp³-hybridized carbons (Fsp3) is 0.385. The van der Waals surface area contributed by atoms with E-state index in [-0.39, 0.29) is 41.8 Å². The highest BCUT2D eigenvalue weighted by molar-refractivity contribution is 7.89. The van der Waals surface area contributed by atoms with Crippen LogP contribution in [0.3, 0.4) is 0 Å². The summed E-state index contributed by atoms with van der Waals surface area (Å²) >= 11 is 0. The number of aromatic nitrogens is 1. The number of esters is 1. The van der Waals surface area contributed by atoms with E-state index in [1.165, 1.54) is 28.6 Å². The van der Waals surface area contributed by atoms with Crippen molar-refractivity contribution in [1.29, 1.82) is 0 Å². The summed E-state index contributed by atoms with van der Waals surface area (Å²) in [5.41, 5.74) is 0.719. The number of hydrogen-bond acceptors (Lipinski definition) is 8. The van der Waals surface area contributed by atoms with Gasteiger partial charge >= 0.3 is 5.97 Å². The second-order valence-electron chi connectivity index (χ2n) is 8.88. The molecule has 5 rings (SSSR count). The zero-order chi connectivity index (χ0) is 26.0. The Balaban J connectivity index is 1.48. The van der Waals surface area contributed by atoms with Crippen LogP contribution in [0.25, 0.3) is 10.9 Å². The van der Waals surface area contributed by atoms with Crippen LogP contribution in [0.1, 0.15) is 35.7 Å². The van der Waals surface area contributed by atoms with Crippen LogP contribution in [0.15, 0.2) is 52.2 Å². The summed E-state index contributed by atoms with van der Waals surface area (Å²) in [6.45, 7) is 3.29. The summed E-state index contributed by atoms with van der Waals surface area (Å²) in [7, 11) is -4.02. The average Bonchev–Trinajstić information content (AvgIpc) is 3.41. The molecule has 0 spiro atoms. The van der Waals surface area contributed by atoms with Crippen LogP contribution in [0.2, 0.25) is 0 Å². The molecule has 0 radical (unpaired) electrons. The van der Waals surface area contributed by atoms with E-state index in [0.29, 0.717) is 42.2 Å². The van der Waals surface area contributed by atoms with E-state index in [4.69, 9.17) is 18.9 Å². The van der Waals surface area contributed by atoms with Crippen molar-refractivity contribution in [2.45, 2.75) is 37.3 Å². The number of rotatable bonds is 8. The smallest absolute Gasteiger partial charge is 0.338 e. The molecule has 1 saturated heterocycles. The molecule has 1 atom stereocenters. The van der Waals surface area contributed by atoms with Crippen molar-refractivity contribution in [3.63, 3.8) is 0 Å². The summed E-state index contributed by atoms with van der Waals surface area (Å²) in [5.74, 6) is 0.597. The highest BCUT2D eigenvalue weighted by Crippen LogP contribution is 2.34. The standard InChI is InChI=1S/C26H28N2O8S/c1-2-33-26(30)17-5-7-21(8-6-17)37(31,32)28(16-20-4-3-9-34-20)15-19-12-18-13-23-24(36-11-10-35-23)14-22(18)27-25(19)29/h5-8,12-14,20H,2-4,9-11,15-16H2,1H3,(H,27,29)/t20-/m0/s1. The SMILES string of the molecule is CCOC(=O)c1ccc(S(=O)(=O)N(Cc2cc3cc4c(cc3[nH]c2=O)OCCO4)C[C@@H]2CCCO2)cc1. The third-order valence-corrected chi connectivity index (χ3v) is 8.19. The van der Waals surface area contributed by atoms with E-state index in [0.717, 1.165) is 12.8 Å². The Morgan fingerprint density at radius 3 is 2.49 bits per heavy atom. The summed E-state index contributed by atoms with van der Waals surface area (Å²) in [6, 6.07) is 10.7. The number of hydrogen-bond donors (Lipinski definition) is 1. The van der Waals surface area contributed by atoms with E-state index in [1.54, 1.807) is 25.1 Å². The first-order valence-electron chi connectivity index (χ1n) is 12.2. The largest absolute Gasteiger partial charge is 0.486 e. The molecule has 2 aliphatic heterocycles. The van der Waals surface area contributed by atoms with Crippen molar-refractivity contribution in [1.82, 2.24) is 9.29 Å².